The van der Waals surface area contributed by atoms with Gasteiger partial charge in [0.15, 0.2) is 0 Å². The van der Waals surface area contributed by atoms with Gasteiger partial charge in [-0.25, -0.2) is 0 Å². The third-order valence-corrected chi connectivity index (χ3v) is 9.73. The molecule has 1 aliphatic heterocycles. The van der Waals surface area contributed by atoms with Crippen molar-refractivity contribution in [2.75, 3.05) is 25.7 Å². The molecule has 3 aromatic rings. The average molecular weight is 646 g/mol. The van der Waals surface area contributed by atoms with Gasteiger partial charge in [0, 0.05) is 0 Å². The van der Waals surface area contributed by atoms with Gasteiger partial charge in [0.1, 0.15) is 0 Å². The van der Waals surface area contributed by atoms with Crippen molar-refractivity contribution in [2.45, 2.75) is 20.4 Å². The largest absolute Gasteiger partial charge is 1.00 e. The molecule has 0 fully saturated rings. The van der Waals surface area contributed by atoms with Crippen molar-refractivity contribution < 1.29 is 38.0 Å². The van der Waals surface area contributed by atoms with E-state index in [1.165, 1.54) is 29.1 Å². The second-order valence-corrected chi connectivity index (χ2v) is 11.0. The first-order valence-corrected chi connectivity index (χ1v) is 13.1. The quantitative estimate of drug-likeness (QED) is 0.214. The first-order chi connectivity index (χ1) is 14.2. The Balaban J connectivity index is 0.00000256. The SMILES string of the molecule is CCN1/C(=C/C=C/c2[se]c3ccc(OC)cc3[n+]2CC)[Se]c2ccc(OC)cc21.[I-]. The van der Waals surface area contributed by atoms with Gasteiger partial charge in [-0.3, -0.25) is 0 Å². The van der Waals surface area contributed by atoms with E-state index in [1.54, 1.807) is 14.2 Å². The zero-order valence-electron chi connectivity index (χ0n) is 17.5. The zero-order chi connectivity index (χ0) is 20.4. The van der Waals surface area contributed by atoms with E-state index in [9.17, 15) is 0 Å². The molecule has 0 unspecified atom stereocenters. The number of nitrogens with zero attached hydrogens (tertiary/aromatic N) is 2. The summed E-state index contributed by atoms with van der Waals surface area (Å²) in [6.45, 7) is 6.35. The fourth-order valence-corrected chi connectivity index (χ4v) is 8.23. The monoisotopic (exact) mass is 648 g/mol. The Labute approximate surface area is 207 Å². The summed E-state index contributed by atoms with van der Waals surface area (Å²) in [6.07, 6.45) is 6.80. The van der Waals surface area contributed by atoms with Crippen LogP contribution >= 0.6 is 0 Å². The smallest absolute Gasteiger partial charge is 1.00 e. The van der Waals surface area contributed by atoms with Gasteiger partial charge in [-0.1, -0.05) is 0 Å². The molecule has 0 saturated heterocycles. The van der Waals surface area contributed by atoms with Crippen LogP contribution in [-0.4, -0.2) is 50.2 Å². The number of rotatable bonds is 6. The molecule has 158 valence electrons. The van der Waals surface area contributed by atoms with E-state index in [-0.39, 0.29) is 24.0 Å². The Hall–Kier alpha value is -1.24. The minimum Gasteiger partial charge on any atom is -1.00 e. The summed E-state index contributed by atoms with van der Waals surface area (Å²) in [5, 5.41) is 0. The number of allylic oxidation sites excluding steroid dienone is 2. The summed E-state index contributed by atoms with van der Waals surface area (Å²) in [5.41, 5.74) is 2.58. The van der Waals surface area contributed by atoms with Gasteiger partial charge in [0.25, 0.3) is 0 Å². The molecule has 2 aromatic carbocycles. The fourth-order valence-electron chi connectivity index (χ4n) is 3.53. The molecule has 1 aromatic heterocycles. The predicted molar refractivity (Wildman–Crippen MR) is 122 cm³/mol. The molecule has 0 spiro atoms. The van der Waals surface area contributed by atoms with Gasteiger partial charge >= 0.3 is 185 Å². The minimum absolute atomic E-state index is 0. The third-order valence-electron chi connectivity index (χ3n) is 4.98. The molecular formula is C23H25IN2O2Se2. The van der Waals surface area contributed by atoms with E-state index in [2.05, 4.69) is 77.9 Å². The van der Waals surface area contributed by atoms with Gasteiger partial charge in [0.05, 0.1) is 0 Å². The first-order valence-electron chi connectivity index (χ1n) is 9.70. The molecule has 4 rings (SSSR count). The number of hydrogen-bond acceptors (Lipinski definition) is 3. The molecule has 0 N–H and O–H groups in total. The van der Waals surface area contributed by atoms with Crippen LogP contribution in [0.3, 0.4) is 0 Å². The van der Waals surface area contributed by atoms with E-state index in [0.717, 1.165) is 24.6 Å². The molecule has 0 atom stereocenters. The molecule has 0 bridgehead atoms. The maximum absolute atomic E-state index is 5.42. The number of halogens is 1. The van der Waals surface area contributed by atoms with Gasteiger partial charge < -0.3 is 24.0 Å². The standard InChI is InChI=1S/C23H25N2O2Se2.HI/c1-5-24-18-14-16(26-3)10-12-20(18)28-22(24)8-7-9-23-25(6-2)19-15-17(27-4)11-13-21(19)29-23;/h7-15H,5-6H2,1-4H3;1H/q+1;/p-1. The second kappa shape index (κ2) is 10.4. The summed E-state index contributed by atoms with van der Waals surface area (Å²) in [6, 6.07) is 12.9. The number of anilines is 1. The van der Waals surface area contributed by atoms with Crippen molar-refractivity contribution in [3.05, 3.63) is 57.7 Å². The molecular weight excluding hydrogens is 621 g/mol. The summed E-state index contributed by atoms with van der Waals surface area (Å²) in [5.74, 6) is 1.84. The average Bonchev–Trinajstić information content (AvgIpc) is 3.29. The van der Waals surface area contributed by atoms with Crippen molar-refractivity contribution in [1.29, 1.82) is 0 Å². The predicted octanol–water partition coefficient (Wildman–Crippen LogP) is -0.0504. The number of methoxy groups -OCH3 is 2. The number of ether oxygens (including phenoxy) is 2. The van der Waals surface area contributed by atoms with E-state index >= 15 is 0 Å². The number of hydrogen-bond donors (Lipinski definition) is 0. The van der Waals surface area contributed by atoms with Crippen LogP contribution in [0.25, 0.3) is 15.9 Å². The number of aryl methyl sites for hydroxylation is 1. The van der Waals surface area contributed by atoms with E-state index < -0.39 is 0 Å². The number of benzene rings is 2. The Morgan fingerprint density at radius 1 is 1.03 bits per heavy atom. The Bertz CT molecular complexity index is 1110. The van der Waals surface area contributed by atoms with Crippen molar-refractivity contribution in [2.24, 2.45) is 0 Å². The van der Waals surface area contributed by atoms with E-state index in [0.29, 0.717) is 29.5 Å². The molecule has 2 heterocycles. The molecule has 4 nitrogen and oxygen atoms in total. The maximum Gasteiger partial charge on any atom is -1.00 e. The summed E-state index contributed by atoms with van der Waals surface area (Å²) in [7, 11) is 3.45. The molecule has 1 aliphatic rings. The second-order valence-electron chi connectivity index (χ2n) is 6.56. The molecule has 0 radical (unpaired) electrons. The molecule has 7 heteroatoms. The van der Waals surface area contributed by atoms with Gasteiger partial charge in [-0.05, 0) is 0 Å². The van der Waals surface area contributed by atoms with Gasteiger partial charge in [-0.15, -0.1) is 0 Å². The molecule has 0 aliphatic carbocycles. The number of fused-ring (bicyclic) bond motifs is 2. The molecule has 0 amide bonds. The van der Waals surface area contributed by atoms with Crippen molar-refractivity contribution in [3.63, 3.8) is 0 Å². The van der Waals surface area contributed by atoms with Crippen LogP contribution in [0.15, 0.2) is 53.1 Å². The number of aromatic nitrogens is 1. The van der Waals surface area contributed by atoms with E-state index in [4.69, 9.17) is 9.47 Å². The summed E-state index contributed by atoms with van der Waals surface area (Å²) >= 11 is 0.655. The Morgan fingerprint density at radius 2 is 1.77 bits per heavy atom. The topological polar surface area (TPSA) is 25.6 Å². The normalized spacial score (nSPS) is 14.4. The van der Waals surface area contributed by atoms with Crippen molar-refractivity contribution >= 4 is 55.5 Å². The zero-order valence-corrected chi connectivity index (χ0v) is 23.1. The molecule has 30 heavy (non-hydrogen) atoms. The van der Waals surface area contributed by atoms with Crippen molar-refractivity contribution in [3.8, 4) is 11.5 Å². The van der Waals surface area contributed by atoms with Crippen LogP contribution in [0.2, 0.25) is 0 Å². The third kappa shape index (κ3) is 4.51. The first kappa shape index (κ1) is 23.4. The van der Waals surface area contributed by atoms with Crippen molar-refractivity contribution in [1.82, 2.24) is 0 Å². The summed E-state index contributed by atoms with van der Waals surface area (Å²) < 4.78 is 18.9. The van der Waals surface area contributed by atoms with Crippen LogP contribution < -0.4 is 47.4 Å². The Morgan fingerprint density at radius 3 is 2.47 bits per heavy atom. The van der Waals surface area contributed by atoms with Gasteiger partial charge in [-0.2, -0.15) is 0 Å². The Kier molecular flexibility index (Phi) is 8.10. The van der Waals surface area contributed by atoms with Crippen LogP contribution in [0.1, 0.15) is 18.4 Å². The molecule has 0 saturated carbocycles. The van der Waals surface area contributed by atoms with Crippen LogP contribution in [0, 0.1) is 0 Å². The van der Waals surface area contributed by atoms with Crippen LogP contribution in [-0.2, 0) is 6.54 Å². The summed E-state index contributed by atoms with van der Waals surface area (Å²) in [4.78, 5) is 2.41. The fraction of sp³-hybridized carbons (Fsp3) is 0.261. The van der Waals surface area contributed by atoms with Crippen LogP contribution in [0.5, 0.6) is 11.5 Å². The maximum atomic E-state index is 5.42. The van der Waals surface area contributed by atoms with Crippen LogP contribution in [0.4, 0.5) is 5.69 Å². The van der Waals surface area contributed by atoms with E-state index in [1.807, 2.05) is 0 Å². The minimum atomic E-state index is 0. The van der Waals surface area contributed by atoms with Gasteiger partial charge in [0.2, 0.25) is 0 Å².